The van der Waals surface area contributed by atoms with Crippen LogP contribution in [0, 0.1) is 6.92 Å². The lowest BCUT2D eigenvalue weighted by Crippen LogP contribution is -2.09. The highest BCUT2D eigenvalue weighted by molar-refractivity contribution is 5.15. The molecule has 2 heteroatoms. The molecule has 0 bridgehead atoms. The molecule has 10 heavy (non-hydrogen) atoms. The van der Waals surface area contributed by atoms with E-state index in [-0.39, 0.29) is 0 Å². The van der Waals surface area contributed by atoms with Crippen LogP contribution < -0.4 is 5.32 Å². The zero-order chi connectivity index (χ0) is 7.40. The first-order valence-electron chi connectivity index (χ1n) is 3.61. The highest BCUT2D eigenvalue weighted by Crippen LogP contribution is 2.01. The summed E-state index contributed by atoms with van der Waals surface area (Å²) in [6.45, 7) is 3.13. The van der Waals surface area contributed by atoms with Crippen molar-refractivity contribution >= 4 is 0 Å². The van der Waals surface area contributed by atoms with E-state index < -0.39 is 0 Å². The van der Waals surface area contributed by atoms with Crippen molar-refractivity contribution in [3.63, 3.8) is 0 Å². The van der Waals surface area contributed by atoms with Crippen LogP contribution in [-0.4, -0.2) is 18.6 Å². The van der Waals surface area contributed by atoms with Crippen molar-refractivity contribution in [1.82, 2.24) is 10.3 Å². The summed E-state index contributed by atoms with van der Waals surface area (Å²) in [5.41, 5.74) is 2.62. The molecule has 0 spiro atoms. The number of aromatic nitrogens is 1. The van der Waals surface area contributed by atoms with Crippen LogP contribution in [-0.2, 0) is 6.42 Å². The van der Waals surface area contributed by atoms with E-state index in [1.165, 1.54) is 11.3 Å². The first-order valence-corrected chi connectivity index (χ1v) is 3.61. The van der Waals surface area contributed by atoms with Gasteiger partial charge in [-0.25, -0.2) is 0 Å². The number of hydrogen-bond acceptors (Lipinski definition) is 1. The lowest BCUT2D eigenvalue weighted by Gasteiger charge is -1.93. The Hall–Kier alpha value is -0.760. The van der Waals surface area contributed by atoms with Gasteiger partial charge in [0.05, 0.1) is 0 Å². The highest BCUT2D eigenvalue weighted by Gasteiger charge is 1.92. The number of likely N-dealkylation sites (N-methyl/N-ethyl adjacent to an activating group) is 1. The lowest BCUT2D eigenvalue weighted by atomic mass is 10.2. The van der Waals surface area contributed by atoms with Crippen LogP contribution in [0.15, 0.2) is 12.3 Å². The quantitative estimate of drug-likeness (QED) is 0.642. The third-order valence-electron chi connectivity index (χ3n) is 1.55. The molecular weight excluding hydrogens is 124 g/mol. The van der Waals surface area contributed by atoms with Crippen LogP contribution in [0.25, 0.3) is 0 Å². The van der Waals surface area contributed by atoms with Crippen LogP contribution in [0.5, 0.6) is 0 Å². The average molecular weight is 138 g/mol. The molecule has 0 amide bonds. The maximum Gasteiger partial charge on any atom is 0.0118 e. The van der Waals surface area contributed by atoms with E-state index in [1.807, 2.05) is 7.05 Å². The predicted molar refractivity (Wildman–Crippen MR) is 43.2 cm³/mol. The maximum atomic E-state index is 3.15. The lowest BCUT2D eigenvalue weighted by molar-refractivity contribution is 0.792. The molecule has 0 saturated carbocycles. The van der Waals surface area contributed by atoms with Crippen LogP contribution in [0.1, 0.15) is 11.3 Å². The molecule has 0 saturated heterocycles. The van der Waals surface area contributed by atoms with Gasteiger partial charge in [0.1, 0.15) is 0 Å². The van der Waals surface area contributed by atoms with Gasteiger partial charge < -0.3 is 10.3 Å². The van der Waals surface area contributed by atoms with Gasteiger partial charge in [-0.3, -0.25) is 0 Å². The van der Waals surface area contributed by atoms with Crippen LogP contribution in [0.4, 0.5) is 0 Å². The summed E-state index contributed by atoms with van der Waals surface area (Å²) in [4.78, 5) is 3.15. The fraction of sp³-hybridized carbons (Fsp3) is 0.500. The van der Waals surface area contributed by atoms with Crippen LogP contribution in [0.2, 0.25) is 0 Å². The highest BCUT2D eigenvalue weighted by atomic mass is 14.8. The minimum atomic E-state index is 1.05. The number of nitrogens with one attached hydrogen (secondary N) is 2. The van der Waals surface area contributed by atoms with Crippen molar-refractivity contribution in [2.75, 3.05) is 13.6 Å². The standard InChI is InChI=1S/C8H14N2/c1-7-5-8(6-10-7)3-4-9-2/h5-6,9-10H,3-4H2,1-2H3. The number of aryl methyl sites for hydroxylation is 1. The molecule has 0 aliphatic carbocycles. The zero-order valence-corrected chi connectivity index (χ0v) is 6.57. The van der Waals surface area contributed by atoms with Crippen LogP contribution in [0.3, 0.4) is 0 Å². The van der Waals surface area contributed by atoms with Gasteiger partial charge in [0, 0.05) is 11.9 Å². The monoisotopic (exact) mass is 138 g/mol. The van der Waals surface area contributed by atoms with Gasteiger partial charge in [-0.1, -0.05) is 0 Å². The topological polar surface area (TPSA) is 27.8 Å². The Labute approximate surface area is 61.7 Å². The molecule has 0 aliphatic heterocycles. The summed E-state index contributed by atoms with van der Waals surface area (Å²) in [5, 5.41) is 3.11. The Balaban J connectivity index is 2.42. The predicted octanol–water partition coefficient (Wildman–Crippen LogP) is 1.09. The Bertz CT molecular complexity index is 191. The first-order chi connectivity index (χ1) is 4.83. The van der Waals surface area contributed by atoms with Gasteiger partial charge in [-0.15, -0.1) is 0 Å². The van der Waals surface area contributed by atoms with E-state index in [9.17, 15) is 0 Å². The SMILES string of the molecule is CNCCc1c[nH]c(C)c1. The van der Waals surface area contributed by atoms with Crippen molar-refractivity contribution in [3.8, 4) is 0 Å². The van der Waals surface area contributed by atoms with Crippen molar-refractivity contribution in [2.45, 2.75) is 13.3 Å². The maximum absolute atomic E-state index is 3.15. The normalized spacial score (nSPS) is 10.2. The van der Waals surface area contributed by atoms with Crippen molar-refractivity contribution in [2.24, 2.45) is 0 Å². The molecule has 1 aromatic rings. The Kier molecular flexibility index (Phi) is 2.51. The second-order valence-electron chi connectivity index (χ2n) is 2.54. The van der Waals surface area contributed by atoms with Gasteiger partial charge in [0.15, 0.2) is 0 Å². The summed E-state index contributed by atoms with van der Waals surface area (Å²) in [6, 6.07) is 2.18. The molecule has 0 fully saturated rings. The van der Waals surface area contributed by atoms with E-state index in [4.69, 9.17) is 0 Å². The minimum Gasteiger partial charge on any atom is -0.365 e. The van der Waals surface area contributed by atoms with Gasteiger partial charge in [0.2, 0.25) is 0 Å². The van der Waals surface area contributed by atoms with Gasteiger partial charge in [0.25, 0.3) is 0 Å². The molecule has 2 nitrogen and oxygen atoms in total. The number of rotatable bonds is 3. The molecule has 0 radical (unpaired) electrons. The first kappa shape index (κ1) is 7.35. The Morgan fingerprint density at radius 3 is 2.90 bits per heavy atom. The molecule has 56 valence electrons. The van der Waals surface area contributed by atoms with Crippen molar-refractivity contribution in [1.29, 1.82) is 0 Å². The van der Waals surface area contributed by atoms with E-state index in [1.54, 1.807) is 0 Å². The second kappa shape index (κ2) is 3.42. The van der Waals surface area contributed by atoms with Crippen molar-refractivity contribution < 1.29 is 0 Å². The summed E-state index contributed by atoms with van der Waals surface area (Å²) < 4.78 is 0. The zero-order valence-electron chi connectivity index (χ0n) is 6.57. The van der Waals surface area contributed by atoms with Crippen LogP contribution >= 0.6 is 0 Å². The molecule has 0 aromatic carbocycles. The molecule has 1 rings (SSSR count). The molecule has 2 N–H and O–H groups in total. The van der Waals surface area contributed by atoms with E-state index in [0.29, 0.717) is 0 Å². The number of hydrogen-bond donors (Lipinski definition) is 2. The smallest absolute Gasteiger partial charge is 0.0118 e. The van der Waals surface area contributed by atoms with E-state index in [2.05, 4.69) is 29.5 Å². The van der Waals surface area contributed by atoms with E-state index >= 15 is 0 Å². The molecule has 0 atom stereocenters. The minimum absolute atomic E-state index is 1.05. The second-order valence-corrected chi connectivity index (χ2v) is 2.54. The van der Waals surface area contributed by atoms with E-state index in [0.717, 1.165) is 13.0 Å². The summed E-state index contributed by atoms with van der Waals surface area (Å²) in [5.74, 6) is 0. The van der Waals surface area contributed by atoms with Gasteiger partial charge in [-0.2, -0.15) is 0 Å². The Morgan fingerprint density at radius 2 is 2.40 bits per heavy atom. The largest absolute Gasteiger partial charge is 0.365 e. The average Bonchev–Trinajstić information content (AvgIpc) is 2.31. The third kappa shape index (κ3) is 1.88. The number of H-pyrrole nitrogens is 1. The molecule has 0 aliphatic rings. The fourth-order valence-electron chi connectivity index (χ4n) is 0.982. The Morgan fingerprint density at radius 1 is 1.60 bits per heavy atom. The fourth-order valence-corrected chi connectivity index (χ4v) is 0.982. The molecule has 0 unspecified atom stereocenters. The summed E-state index contributed by atoms with van der Waals surface area (Å²) >= 11 is 0. The summed E-state index contributed by atoms with van der Waals surface area (Å²) in [7, 11) is 1.97. The number of aromatic amines is 1. The summed E-state index contributed by atoms with van der Waals surface area (Å²) in [6.07, 6.45) is 3.17. The van der Waals surface area contributed by atoms with Crippen molar-refractivity contribution in [3.05, 3.63) is 23.5 Å². The van der Waals surface area contributed by atoms with Gasteiger partial charge in [-0.05, 0) is 38.6 Å². The third-order valence-corrected chi connectivity index (χ3v) is 1.55. The molecule has 1 aromatic heterocycles. The molecular formula is C8H14N2. The van der Waals surface area contributed by atoms with Gasteiger partial charge >= 0.3 is 0 Å². The molecule has 1 heterocycles.